The summed E-state index contributed by atoms with van der Waals surface area (Å²) in [6.07, 6.45) is 2.38. The molecule has 5 heteroatoms. The van der Waals surface area contributed by atoms with Crippen molar-refractivity contribution in [2.45, 2.75) is 59.2 Å². The van der Waals surface area contributed by atoms with Crippen LogP contribution in [0.2, 0.25) is 5.15 Å². The van der Waals surface area contributed by atoms with Crippen molar-refractivity contribution in [2.75, 3.05) is 13.1 Å². The number of aromatic nitrogens is 2. The molecule has 1 N–H and O–H groups in total. The van der Waals surface area contributed by atoms with Crippen molar-refractivity contribution >= 4 is 11.6 Å². The molecule has 0 radical (unpaired) electrons. The Balaban J connectivity index is 2.19. The van der Waals surface area contributed by atoms with Crippen LogP contribution in [0.25, 0.3) is 0 Å². The van der Waals surface area contributed by atoms with Crippen LogP contribution in [0.1, 0.15) is 44.9 Å². The van der Waals surface area contributed by atoms with Crippen LogP contribution in [0.15, 0.2) is 0 Å². The Bertz CT molecular complexity index is 471. The van der Waals surface area contributed by atoms with Crippen LogP contribution in [-0.2, 0) is 13.6 Å². The minimum atomic E-state index is 0.577. The lowest BCUT2D eigenvalue weighted by Gasteiger charge is -2.43. The molecule has 1 aliphatic rings. The number of halogens is 1. The summed E-state index contributed by atoms with van der Waals surface area (Å²) in [5, 5.41) is 8.92. The Morgan fingerprint density at radius 3 is 2.67 bits per heavy atom. The quantitative estimate of drug-likeness (QED) is 0.907. The minimum absolute atomic E-state index is 0.577. The maximum Gasteiger partial charge on any atom is 0.131 e. The zero-order valence-corrected chi connectivity index (χ0v) is 14.7. The van der Waals surface area contributed by atoms with E-state index in [0.29, 0.717) is 18.0 Å². The largest absolute Gasteiger partial charge is 0.311 e. The Kier molecular flexibility index (Phi) is 5.69. The van der Waals surface area contributed by atoms with Gasteiger partial charge in [-0.25, -0.2) is 0 Å². The normalized spacial score (nSPS) is 25.2. The molecule has 4 nitrogen and oxygen atoms in total. The number of aryl methyl sites for hydroxylation is 2. The molecule has 1 aromatic heterocycles. The minimum Gasteiger partial charge on any atom is -0.311 e. The summed E-state index contributed by atoms with van der Waals surface area (Å²) in [6, 6.07) is 1.16. The predicted molar refractivity (Wildman–Crippen MR) is 88.7 cm³/mol. The van der Waals surface area contributed by atoms with Crippen molar-refractivity contribution in [3.63, 3.8) is 0 Å². The molecule has 0 bridgehead atoms. The van der Waals surface area contributed by atoms with Gasteiger partial charge in [-0.2, -0.15) is 5.10 Å². The fourth-order valence-electron chi connectivity index (χ4n) is 3.24. The van der Waals surface area contributed by atoms with Crippen LogP contribution in [0, 0.1) is 12.8 Å². The predicted octanol–water partition coefficient (Wildman–Crippen LogP) is 2.98. The molecule has 1 aliphatic heterocycles. The van der Waals surface area contributed by atoms with Crippen LogP contribution in [0.4, 0.5) is 0 Å². The second-order valence-electron chi connectivity index (χ2n) is 6.37. The highest BCUT2D eigenvalue weighted by atomic mass is 35.5. The molecule has 2 rings (SSSR count). The van der Waals surface area contributed by atoms with Crippen molar-refractivity contribution in [1.82, 2.24) is 20.0 Å². The summed E-state index contributed by atoms with van der Waals surface area (Å²) in [5.41, 5.74) is 2.24. The molecule has 1 aromatic rings. The van der Waals surface area contributed by atoms with Crippen molar-refractivity contribution in [1.29, 1.82) is 0 Å². The molecule has 0 aliphatic carbocycles. The van der Waals surface area contributed by atoms with Gasteiger partial charge in [-0.15, -0.1) is 0 Å². The molecular weight excluding hydrogens is 284 g/mol. The summed E-state index contributed by atoms with van der Waals surface area (Å²) in [6.45, 7) is 12.0. The van der Waals surface area contributed by atoms with Gasteiger partial charge in [0.15, 0.2) is 0 Å². The average Bonchev–Trinajstić information content (AvgIpc) is 2.72. The summed E-state index contributed by atoms with van der Waals surface area (Å²) in [4.78, 5) is 2.61. The third kappa shape index (κ3) is 3.61. The van der Waals surface area contributed by atoms with Gasteiger partial charge in [-0.05, 0) is 19.3 Å². The molecule has 0 amide bonds. The molecule has 0 spiro atoms. The van der Waals surface area contributed by atoms with Gasteiger partial charge in [-0.1, -0.05) is 38.8 Å². The standard InChI is InChI=1S/C16H29ClN4/c1-6-11(3)15-8-18-13(7-2)9-21(15)10-14-12(4)19-20(5)16(14)17/h11,13,15,18H,6-10H2,1-5H3. The van der Waals surface area contributed by atoms with E-state index in [0.717, 1.165) is 30.5 Å². The van der Waals surface area contributed by atoms with E-state index < -0.39 is 0 Å². The molecule has 0 aromatic carbocycles. The van der Waals surface area contributed by atoms with Gasteiger partial charge in [0.05, 0.1) is 5.69 Å². The Morgan fingerprint density at radius 1 is 1.43 bits per heavy atom. The third-order valence-electron chi connectivity index (χ3n) is 4.96. The van der Waals surface area contributed by atoms with Crippen LogP contribution >= 0.6 is 11.6 Å². The van der Waals surface area contributed by atoms with Gasteiger partial charge in [0.2, 0.25) is 0 Å². The summed E-state index contributed by atoms with van der Waals surface area (Å²) in [5.74, 6) is 0.686. The van der Waals surface area contributed by atoms with E-state index in [9.17, 15) is 0 Å². The van der Waals surface area contributed by atoms with E-state index in [2.05, 4.69) is 43.0 Å². The summed E-state index contributed by atoms with van der Waals surface area (Å²) < 4.78 is 1.78. The molecule has 3 atom stereocenters. The number of nitrogens with zero attached hydrogens (tertiary/aromatic N) is 3. The number of hydrogen-bond acceptors (Lipinski definition) is 3. The highest BCUT2D eigenvalue weighted by Gasteiger charge is 2.31. The SMILES string of the molecule is CCC1CN(Cc2c(C)nn(C)c2Cl)C(C(C)CC)CN1. The number of nitrogens with one attached hydrogen (secondary N) is 1. The van der Waals surface area contributed by atoms with E-state index >= 15 is 0 Å². The Hall–Kier alpha value is -0.580. The van der Waals surface area contributed by atoms with Crippen molar-refractivity contribution < 1.29 is 0 Å². The van der Waals surface area contributed by atoms with Gasteiger partial charge in [0.1, 0.15) is 5.15 Å². The molecular formula is C16H29ClN4. The second kappa shape index (κ2) is 7.12. The first-order valence-electron chi connectivity index (χ1n) is 8.13. The number of piperazine rings is 1. The first-order valence-corrected chi connectivity index (χ1v) is 8.51. The monoisotopic (exact) mass is 312 g/mol. The molecule has 1 saturated heterocycles. The lowest BCUT2D eigenvalue weighted by Crippen LogP contribution is -2.57. The van der Waals surface area contributed by atoms with E-state index in [1.165, 1.54) is 18.4 Å². The molecule has 1 fully saturated rings. The number of hydrogen-bond donors (Lipinski definition) is 1. The summed E-state index contributed by atoms with van der Waals surface area (Å²) >= 11 is 6.42. The highest BCUT2D eigenvalue weighted by Crippen LogP contribution is 2.26. The first-order chi connectivity index (χ1) is 9.97. The lowest BCUT2D eigenvalue weighted by molar-refractivity contribution is 0.0831. The average molecular weight is 313 g/mol. The maximum atomic E-state index is 6.42. The van der Waals surface area contributed by atoms with Crippen LogP contribution in [0.3, 0.4) is 0 Å². The molecule has 3 unspecified atom stereocenters. The van der Waals surface area contributed by atoms with E-state index in [-0.39, 0.29) is 0 Å². The van der Waals surface area contributed by atoms with Crippen molar-refractivity contribution in [3.05, 3.63) is 16.4 Å². The Morgan fingerprint density at radius 2 is 2.14 bits per heavy atom. The van der Waals surface area contributed by atoms with E-state index in [1.54, 1.807) is 4.68 Å². The molecule has 21 heavy (non-hydrogen) atoms. The fraction of sp³-hybridized carbons (Fsp3) is 0.812. The van der Waals surface area contributed by atoms with Crippen LogP contribution < -0.4 is 5.32 Å². The Labute approximate surface area is 133 Å². The van der Waals surface area contributed by atoms with Gasteiger partial charge in [0, 0.05) is 44.3 Å². The van der Waals surface area contributed by atoms with Gasteiger partial charge < -0.3 is 5.32 Å². The van der Waals surface area contributed by atoms with Gasteiger partial charge in [0.25, 0.3) is 0 Å². The molecule has 0 saturated carbocycles. The summed E-state index contributed by atoms with van der Waals surface area (Å²) in [7, 11) is 1.91. The zero-order valence-electron chi connectivity index (χ0n) is 14.0. The zero-order chi connectivity index (χ0) is 15.6. The topological polar surface area (TPSA) is 33.1 Å². The third-order valence-corrected chi connectivity index (χ3v) is 5.44. The van der Waals surface area contributed by atoms with Gasteiger partial charge in [-0.3, -0.25) is 9.58 Å². The van der Waals surface area contributed by atoms with E-state index in [1.807, 2.05) is 7.05 Å². The maximum absolute atomic E-state index is 6.42. The molecule has 2 heterocycles. The van der Waals surface area contributed by atoms with Crippen molar-refractivity contribution in [3.8, 4) is 0 Å². The van der Waals surface area contributed by atoms with Gasteiger partial charge >= 0.3 is 0 Å². The highest BCUT2D eigenvalue weighted by molar-refractivity contribution is 6.30. The smallest absolute Gasteiger partial charge is 0.131 e. The fourth-order valence-corrected chi connectivity index (χ4v) is 3.48. The van der Waals surface area contributed by atoms with Crippen LogP contribution in [0.5, 0.6) is 0 Å². The van der Waals surface area contributed by atoms with E-state index in [4.69, 9.17) is 11.6 Å². The lowest BCUT2D eigenvalue weighted by atomic mass is 9.93. The van der Waals surface area contributed by atoms with Crippen LogP contribution in [-0.4, -0.2) is 39.9 Å². The second-order valence-corrected chi connectivity index (χ2v) is 6.73. The van der Waals surface area contributed by atoms with Crippen molar-refractivity contribution in [2.24, 2.45) is 13.0 Å². The number of rotatable bonds is 5. The molecule has 120 valence electrons. The first kappa shape index (κ1) is 16.8.